The van der Waals surface area contributed by atoms with Crippen molar-refractivity contribution in [3.8, 4) is 0 Å². The van der Waals surface area contributed by atoms with Gasteiger partial charge in [0.2, 0.25) is 0 Å². The van der Waals surface area contributed by atoms with Crippen molar-refractivity contribution in [1.82, 2.24) is 0 Å². The zero-order valence-electron chi connectivity index (χ0n) is 12.8. The average Bonchev–Trinajstić information content (AvgIpc) is 2.42. The Bertz CT molecular complexity index is 466. The number of allylic oxidation sites excluding steroid dienone is 2. The van der Waals surface area contributed by atoms with E-state index in [9.17, 15) is 0 Å². The number of benzene rings is 1. The first-order valence-corrected chi connectivity index (χ1v) is 7.96. The second-order valence-electron chi connectivity index (χ2n) is 4.60. The van der Waals surface area contributed by atoms with Gasteiger partial charge in [0.15, 0.2) is 6.29 Å². The SMILES string of the molecule is C=C(/C=C(\SC)C(OC)OCC)Cc1cccc(C)c1. The van der Waals surface area contributed by atoms with Gasteiger partial charge in [0, 0.05) is 18.6 Å². The molecule has 0 bridgehead atoms. The Hall–Kier alpha value is -1.03. The van der Waals surface area contributed by atoms with E-state index >= 15 is 0 Å². The normalized spacial score (nSPS) is 13.3. The lowest BCUT2D eigenvalue weighted by atomic mass is 10.0. The summed E-state index contributed by atoms with van der Waals surface area (Å²) in [7, 11) is 1.66. The molecule has 0 spiro atoms. The van der Waals surface area contributed by atoms with Crippen LogP contribution >= 0.6 is 11.8 Å². The van der Waals surface area contributed by atoms with Gasteiger partial charge < -0.3 is 9.47 Å². The van der Waals surface area contributed by atoms with E-state index in [1.807, 2.05) is 13.2 Å². The molecule has 1 aromatic rings. The van der Waals surface area contributed by atoms with Crippen molar-refractivity contribution in [2.75, 3.05) is 20.0 Å². The van der Waals surface area contributed by atoms with Gasteiger partial charge in [-0.15, -0.1) is 11.8 Å². The van der Waals surface area contributed by atoms with Crippen molar-refractivity contribution in [2.24, 2.45) is 0 Å². The molecule has 0 fully saturated rings. The predicted molar refractivity (Wildman–Crippen MR) is 88.0 cm³/mol. The lowest BCUT2D eigenvalue weighted by Gasteiger charge is -2.17. The van der Waals surface area contributed by atoms with Crippen LogP contribution < -0.4 is 0 Å². The van der Waals surface area contributed by atoms with Crippen LogP contribution in [0.15, 0.2) is 47.4 Å². The topological polar surface area (TPSA) is 18.5 Å². The minimum absolute atomic E-state index is 0.302. The second-order valence-corrected chi connectivity index (χ2v) is 5.48. The van der Waals surface area contributed by atoms with Crippen molar-refractivity contribution >= 4 is 11.8 Å². The molecule has 110 valence electrons. The fraction of sp³-hybridized carbons (Fsp3) is 0.412. The molecular formula is C17H24O2S. The molecule has 0 aromatic heterocycles. The third-order valence-electron chi connectivity index (χ3n) is 2.86. The highest BCUT2D eigenvalue weighted by Gasteiger charge is 2.12. The highest BCUT2D eigenvalue weighted by molar-refractivity contribution is 8.02. The Labute approximate surface area is 126 Å². The molecule has 0 radical (unpaired) electrons. The fourth-order valence-electron chi connectivity index (χ4n) is 1.98. The summed E-state index contributed by atoms with van der Waals surface area (Å²) < 4.78 is 10.9. The van der Waals surface area contributed by atoms with E-state index in [2.05, 4.69) is 43.8 Å². The van der Waals surface area contributed by atoms with E-state index in [1.165, 1.54) is 11.1 Å². The van der Waals surface area contributed by atoms with Crippen LogP contribution in [0.4, 0.5) is 0 Å². The van der Waals surface area contributed by atoms with E-state index in [4.69, 9.17) is 9.47 Å². The minimum atomic E-state index is -0.302. The summed E-state index contributed by atoms with van der Waals surface area (Å²) in [5, 5.41) is 0. The number of aryl methyl sites for hydroxylation is 1. The Balaban J connectivity index is 2.76. The first-order valence-electron chi connectivity index (χ1n) is 6.74. The van der Waals surface area contributed by atoms with Gasteiger partial charge in [0.05, 0.1) is 0 Å². The molecule has 2 nitrogen and oxygen atoms in total. The van der Waals surface area contributed by atoms with E-state index < -0.39 is 0 Å². The van der Waals surface area contributed by atoms with Gasteiger partial charge in [-0.25, -0.2) is 0 Å². The number of hydrogen-bond acceptors (Lipinski definition) is 3. The molecule has 0 amide bonds. The molecule has 0 N–H and O–H groups in total. The number of rotatable bonds is 8. The predicted octanol–water partition coefficient (Wildman–Crippen LogP) is 4.35. The Morgan fingerprint density at radius 1 is 1.45 bits per heavy atom. The molecule has 0 heterocycles. The van der Waals surface area contributed by atoms with Gasteiger partial charge in [-0.2, -0.15) is 0 Å². The molecule has 3 heteroatoms. The average molecular weight is 292 g/mol. The molecule has 0 aliphatic rings. The van der Waals surface area contributed by atoms with E-state index in [-0.39, 0.29) is 6.29 Å². The lowest BCUT2D eigenvalue weighted by molar-refractivity contribution is -0.0885. The minimum Gasteiger partial charge on any atom is -0.351 e. The fourth-order valence-corrected chi connectivity index (χ4v) is 2.62. The molecule has 1 unspecified atom stereocenters. The van der Waals surface area contributed by atoms with Gasteiger partial charge >= 0.3 is 0 Å². The largest absolute Gasteiger partial charge is 0.351 e. The number of hydrogen-bond donors (Lipinski definition) is 0. The van der Waals surface area contributed by atoms with Gasteiger partial charge in [-0.05, 0) is 43.7 Å². The summed E-state index contributed by atoms with van der Waals surface area (Å²) in [4.78, 5) is 1.05. The van der Waals surface area contributed by atoms with Crippen LogP contribution in [0.2, 0.25) is 0 Å². The van der Waals surface area contributed by atoms with Crippen molar-refractivity contribution in [3.05, 3.63) is 58.5 Å². The third-order valence-corrected chi connectivity index (χ3v) is 3.64. The Morgan fingerprint density at radius 2 is 2.20 bits per heavy atom. The number of methoxy groups -OCH3 is 1. The van der Waals surface area contributed by atoms with Gasteiger partial charge in [0.25, 0.3) is 0 Å². The smallest absolute Gasteiger partial charge is 0.189 e. The van der Waals surface area contributed by atoms with Crippen molar-refractivity contribution < 1.29 is 9.47 Å². The van der Waals surface area contributed by atoms with Gasteiger partial charge in [0.1, 0.15) is 0 Å². The van der Waals surface area contributed by atoms with Crippen LogP contribution in [0.25, 0.3) is 0 Å². The summed E-state index contributed by atoms with van der Waals surface area (Å²) in [5.41, 5.74) is 3.60. The molecule has 0 aliphatic carbocycles. The maximum Gasteiger partial charge on any atom is 0.189 e. The molecule has 1 atom stereocenters. The standard InChI is InChI=1S/C17H24O2S/c1-6-19-17(18-4)16(20-5)12-14(3)11-15-9-7-8-13(2)10-15/h7-10,12,17H,3,6,11H2,1-2,4-5H3/b16-12-. The summed E-state index contributed by atoms with van der Waals surface area (Å²) in [6.45, 7) is 8.84. The molecule has 1 rings (SSSR count). The summed E-state index contributed by atoms with van der Waals surface area (Å²) in [5.74, 6) is 0. The summed E-state index contributed by atoms with van der Waals surface area (Å²) >= 11 is 1.63. The number of ether oxygens (including phenoxy) is 2. The first-order chi connectivity index (χ1) is 9.60. The molecule has 20 heavy (non-hydrogen) atoms. The third kappa shape index (κ3) is 5.53. The highest BCUT2D eigenvalue weighted by Crippen LogP contribution is 2.22. The quantitative estimate of drug-likeness (QED) is 0.524. The van der Waals surface area contributed by atoms with Crippen LogP contribution in [0, 0.1) is 6.92 Å². The van der Waals surface area contributed by atoms with Crippen molar-refractivity contribution in [2.45, 2.75) is 26.6 Å². The summed E-state index contributed by atoms with van der Waals surface area (Å²) in [6, 6.07) is 8.50. The van der Waals surface area contributed by atoms with Crippen LogP contribution in [0.5, 0.6) is 0 Å². The first kappa shape index (κ1) is 17.0. The highest BCUT2D eigenvalue weighted by atomic mass is 32.2. The van der Waals surface area contributed by atoms with Gasteiger partial charge in [-0.1, -0.05) is 36.4 Å². The maximum absolute atomic E-state index is 5.56. The monoisotopic (exact) mass is 292 g/mol. The Kier molecular flexibility index (Phi) is 7.67. The zero-order chi connectivity index (χ0) is 15.0. The molecule has 0 saturated heterocycles. The van der Waals surface area contributed by atoms with E-state index in [1.54, 1.807) is 18.9 Å². The van der Waals surface area contributed by atoms with Gasteiger partial charge in [-0.3, -0.25) is 0 Å². The van der Waals surface area contributed by atoms with Crippen LogP contribution in [0.1, 0.15) is 18.1 Å². The molecule has 0 aliphatic heterocycles. The van der Waals surface area contributed by atoms with E-state index in [0.717, 1.165) is 16.9 Å². The molecule has 0 saturated carbocycles. The summed E-state index contributed by atoms with van der Waals surface area (Å²) in [6.07, 6.45) is 4.63. The van der Waals surface area contributed by atoms with Crippen molar-refractivity contribution in [1.29, 1.82) is 0 Å². The van der Waals surface area contributed by atoms with Crippen molar-refractivity contribution in [3.63, 3.8) is 0 Å². The molecule has 1 aromatic carbocycles. The second kappa shape index (κ2) is 9.01. The zero-order valence-corrected chi connectivity index (χ0v) is 13.6. The number of thioether (sulfide) groups is 1. The lowest BCUT2D eigenvalue weighted by Crippen LogP contribution is -2.16. The van der Waals surface area contributed by atoms with Crippen LogP contribution in [-0.4, -0.2) is 26.3 Å². The van der Waals surface area contributed by atoms with Crippen LogP contribution in [0.3, 0.4) is 0 Å². The Morgan fingerprint density at radius 3 is 2.75 bits per heavy atom. The maximum atomic E-state index is 5.56. The molecular weight excluding hydrogens is 268 g/mol. The van der Waals surface area contributed by atoms with Crippen LogP contribution in [-0.2, 0) is 15.9 Å². The van der Waals surface area contributed by atoms with E-state index in [0.29, 0.717) is 6.61 Å².